The number of hydrogen-bond donors (Lipinski definition) is 3. The Hall–Kier alpha value is -2.93. The van der Waals surface area contributed by atoms with E-state index in [0.29, 0.717) is 5.56 Å². The number of carbonyl (C=O) groups excluding carboxylic acids is 1. The summed E-state index contributed by atoms with van der Waals surface area (Å²) in [5, 5.41) is 0. The van der Waals surface area contributed by atoms with E-state index in [0.717, 1.165) is 28.8 Å². The first-order chi connectivity index (χ1) is 15.3. The molecule has 33 heavy (non-hydrogen) atoms. The third kappa shape index (κ3) is 6.78. The van der Waals surface area contributed by atoms with Gasteiger partial charge in [0.05, 0.1) is 0 Å². The van der Waals surface area contributed by atoms with Crippen LogP contribution in [0.5, 0.6) is 17.2 Å². The Morgan fingerprint density at radius 2 is 1.24 bits per heavy atom. The lowest BCUT2D eigenvalue weighted by Gasteiger charge is -2.15. The zero-order valence-corrected chi connectivity index (χ0v) is 19.7. The summed E-state index contributed by atoms with van der Waals surface area (Å²) in [5.74, 6) is -0.547. The average Bonchev–Trinajstić information content (AvgIpc) is 2.67. The fraction of sp³-hybridized carbons (Fsp3) is 0.136. The molecule has 9 nitrogen and oxygen atoms in total. The van der Waals surface area contributed by atoms with Gasteiger partial charge in [0.15, 0.2) is 5.78 Å². The molecule has 0 aliphatic carbocycles. The second-order valence-corrected chi connectivity index (χ2v) is 9.80. The lowest BCUT2D eigenvalue weighted by molar-refractivity contribution is 0.103. The van der Waals surface area contributed by atoms with Crippen LogP contribution in [0.2, 0.25) is 0 Å². The van der Waals surface area contributed by atoms with Gasteiger partial charge in [0, 0.05) is 11.1 Å². The van der Waals surface area contributed by atoms with Crippen LogP contribution in [0.3, 0.4) is 0 Å². The minimum Gasteiger partial charge on any atom is -0.404 e. The predicted octanol–water partition coefficient (Wildman–Crippen LogP) is 4.87. The van der Waals surface area contributed by atoms with E-state index in [2.05, 4.69) is 4.52 Å². The Kier molecular flexibility index (Phi) is 7.12. The molecule has 1 atom stereocenters. The van der Waals surface area contributed by atoms with Gasteiger partial charge in [-0.25, -0.2) is 9.13 Å². The molecule has 0 amide bonds. The van der Waals surface area contributed by atoms with Gasteiger partial charge in [-0.05, 0) is 68.3 Å². The van der Waals surface area contributed by atoms with Gasteiger partial charge in [-0.3, -0.25) is 19.5 Å². The highest BCUT2D eigenvalue weighted by molar-refractivity contribution is 7.48. The molecule has 0 heterocycles. The zero-order chi connectivity index (χ0) is 24.4. The number of ketones is 1. The molecule has 1 unspecified atom stereocenters. The lowest BCUT2D eigenvalue weighted by atomic mass is 9.93. The maximum Gasteiger partial charge on any atom is 0.584 e. The fourth-order valence-corrected chi connectivity index (χ4v) is 4.56. The van der Waals surface area contributed by atoms with Gasteiger partial charge in [0.25, 0.3) is 0 Å². The van der Waals surface area contributed by atoms with Gasteiger partial charge >= 0.3 is 15.6 Å². The van der Waals surface area contributed by atoms with E-state index in [1.54, 1.807) is 6.07 Å². The van der Waals surface area contributed by atoms with Crippen molar-refractivity contribution in [3.05, 3.63) is 88.5 Å². The van der Waals surface area contributed by atoms with Crippen molar-refractivity contribution in [3.8, 4) is 17.2 Å². The lowest BCUT2D eigenvalue weighted by Crippen LogP contribution is -2.07. The summed E-state index contributed by atoms with van der Waals surface area (Å²) in [6, 6.07) is 14.4. The molecular formula is C22H22O9P2. The Labute approximate surface area is 190 Å². The van der Waals surface area contributed by atoms with E-state index in [1.807, 2.05) is 32.9 Å². The number of hydrogen-bond acceptors (Lipinski definition) is 6. The highest BCUT2D eigenvalue weighted by Crippen LogP contribution is 2.45. The molecule has 0 fully saturated rings. The van der Waals surface area contributed by atoms with E-state index >= 15 is 0 Å². The summed E-state index contributed by atoms with van der Waals surface area (Å²) in [4.78, 5) is 40.8. The fourth-order valence-electron chi connectivity index (χ4n) is 3.36. The highest BCUT2D eigenvalue weighted by Gasteiger charge is 2.26. The normalized spacial score (nSPS) is 13.2. The van der Waals surface area contributed by atoms with Gasteiger partial charge in [-0.2, -0.15) is 0 Å². The summed E-state index contributed by atoms with van der Waals surface area (Å²) >= 11 is 0. The van der Waals surface area contributed by atoms with Crippen molar-refractivity contribution in [3.63, 3.8) is 0 Å². The molecule has 0 aliphatic heterocycles. The van der Waals surface area contributed by atoms with Crippen LogP contribution in [0.4, 0.5) is 0 Å². The van der Waals surface area contributed by atoms with Crippen LogP contribution in [-0.4, -0.2) is 20.5 Å². The summed E-state index contributed by atoms with van der Waals surface area (Å²) in [5.41, 5.74) is 3.52. The van der Waals surface area contributed by atoms with Crippen molar-refractivity contribution in [1.29, 1.82) is 0 Å². The average molecular weight is 492 g/mol. The molecule has 0 radical (unpaired) electrons. The molecule has 3 aromatic rings. The van der Waals surface area contributed by atoms with Crippen molar-refractivity contribution in [1.82, 2.24) is 0 Å². The topological polar surface area (TPSA) is 140 Å². The first kappa shape index (κ1) is 24.7. The quantitative estimate of drug-likeness (QED) is 0.297. The molecule has 0 aliphatic rings. The number of rotatable bonds is 8. The van der Waals surface area contributed by atoms with E-state index in [-0.39, 0.29) is 28.6 Å². The second-order valence-electron chi connectivity index (χ2n) is 7.34. The molecule has 0 bridgehead atoms. The number of aryl methyl sites for hydroxylation is 3. The largest absolute Gasteiger partial charge is 0.584 e. The Morgan fingerprint density at radius 1 is 0.727 bits per heavy atom. The second kappa shape index (κ2) is 9.51. The highest BCUT2D eigenvalue weighted by atomic mass is 31.2. The van der Waals surface area contributed by atoms with Crippen LogP contribution in [-0.2, 0) is 9.13 Å². The molecule has 3 aromatic carbocycles. The number of benzene rings is 3. The summed E-state index contributed by atoms with van der Waals surface area (Å²) in [6.45, 7) is 5.64. The third-order valence-electron chi connectivity index (χ3n) is 4.49. The number of phosphoric acid groups is 2. The molecule has 0 saturated heterocycles. The van der Waals surface area contributed by atoms with Crippen LogP contribution < -0.4 is 13.6 Å². The minimum absolute atomic E-state index is 0.0458. The van der Waals surface area contributed by atoms with Gasteiger partial charge in [0.2, 0.25) is 0 Å². The van der Waals surface area contributed by atoms with Crippen LogP contribution in [0.15, 0.2) is 60.7 Å². The SMILES string of the molecule is Cc1cc(C)c(C(=O)c2cccc(OP(=O)(O)Oc3ccc(OP(=O)(O)O)cc3)c2)c(C)c1. The molecule has 0 saturated carbocycles. The first-order valence-electron chi connectivity index (χ1n) is 9.63. The summed E-state index contributed by atoms with van der Waals surface area (Å²) in [7, 11) is -9.38. The monoisotopic (exact) mass is 492 g/mol. The maximum absolute atomic E-state index is 13.1. The van der Waals surface area contributed by atoms with Crippen molar-refractivity contribution >= 4 is 21.4 Å². The van der Waals surface area contributed by atoms with Crippen molar-refractivity contribution in [2.24, 2.45) is 0 Å². The van der Waals surface area contributed by atoms with Crippen molar-refractivity contribution in [2.75, 3.05) is 0 Å². The standard InChI is InChI=1S/C22H22O9P2/c1-14-11-15(2)21(16(3)12-14)22(23)17-5-4-6-20(13-17)31-33(27,28)30-19-9-7-18(8-10-19)29-32(24,25)26/h4-13H,1-3H3,(H,27,28)(H2,24,25,26). The minimum atomic E-state index is -4.73. The molecule has 3 N–H and O–H groups in total. The van der Waals surface area contributed by atoms with Gasteiger partial charge < -0.3 is 13.6 Å². The smallest absolute Gasteiger partial charge is 0.404 e. The van der Waals surface area contributed by atoms with Crippen molar-refractivity contribution < 1.29 is 42.2 Å². The van der Waals surface area contributed by atoms with Crippen molar-refractivity contribution in [2.45, 2.75) is 20.8 Å². The Bertz CT molecular complexity index is 1260. The van der Waals surface area contributed by atoms with Gasteiger partial charge in [-0.15, -0.1) is 0 Å². The van der Waals surface area contributed by atoms with E-state index < -0.39 is 15.6 Å². The Morgan fingerprint density at radius 3 is 1.79 bits per heavy atom. The molecule has 174 valence electrons. The zero-order valence-electron chi connectivity index (χ0n) is 18.0. The van der Waals surface area contributed by atoms with Crippen LogP contribution in [0.25, 0.3) is 0 Å². The van der Waals surface area contributed by atoms with E-state index in [1.165, 1.54) is 30.3 Å². The first-order valence-corrected chi connectivity index (χ1v) is 12.7. The third-order valence-corrected chi connectivity index (χ3v) is 5.82. The summed E-state index contributed by atoms with van der Waals surface area (Å²) in [6.07, 6.45) is 0. The predicted molar refractivity (Wildman–Crippen MR) is 121 cm³/mol. The van der Waals surface area contributed by atoms with Gasteiger partial charge in [-0.1, -0.05) is 29.8 Å². The van der Waals surface area contributed by atoms with E-state index in [9.17, 15) is 18.8 Å². The number of phosphoric ester groups is 2. The maximum atomic E-state index is 13.1. The van der Waals surface area contributed by atoms with Gasteiger partial charge in [0.1, 0.15) is 17.2 Å². The van der Waals surface area contributed by atoms with Crippen LogP contribution >= 0.6 is 15.6 Å². The van der Waals surface area contributed by atoms with Crippen LogP contribution in [0.1, 0.15) is 32.6 Å². The molecule has 0 spiro atoms. The molecular weight excluding hydrogens is 470 g/mol. The molecule has 3 rings (SSSR count). The summed E-state index contributed by atoms with van der Waals surface area (Å²) < 4.78 is 37.8. The van der Waals surface area contributed by atoms with Crippen LogP contribution in [0, 0.1) is 20.8 Å². The molecule has 0 aromatic heterocycles. The molecule has 11 heteroatoms. The van der Waals surface area contributed by atoms with E-state index in [4.69, 9.17) is 18.8 Å². The number of carbonyl (C=O) groups is 1. The Balaban J connectivity index is 1.76.